The highest BCUT2D eigenvalue weighted by molar-refractivity contribution is 6.00. The molecule has 4 N–H and O–H groups in total. The molecule has 124 valence electrons. The smallest absolute Gasteiger partial charge is 0.154 e. The van der Waals surface area contributed by atoms with Gasteiger partial charge in [-0.2, -0.15) is 0 Å². The Bertz CT molecular complexity index is 589. The van der Waals surface area contributed by atoms with Crippen LogP contribution in [0.25, 0.3) is 0 Å². The van der Waals surface area contributed by atoms with E-state index in [-0.39, 0.29) is 0 Å². The third-order valence-corrected chi connectivity index (χ3v) is 5.01. The third kappa shape index (κ3) is 3.24. The standard InChI is InChI=1S/C18H27N5/c1-3-13(2)22-16-12-21-17(14-7-6-10-20-11-14)23-18(16,19)15-8-4-5-9-15/h6-7,10-13,15,22H,3-5,8-9,19H2,1-2H3,(H,21,23). The Labute approximate surface area is 138 Å². The van der Waals surface area contributed by atoms with Crippen LogP contribution in [0.1, 0.15) is 51.5 Å². The van der Waals surface area contributed by atoms with Crippen molar-refractivity contribution in [3.8, 4) is 0 Å². The first kappa shape index (κ1) is 16.0. The van der Waals surface area contributed by atoms with Gasteiger partial charge in [0, 0.05) is 36.1 Å². The highest BCUT2D eigenvalue weighted by atomic mass is 15.2. The van der Waals surface area contributed by atoms with Crippen molar-refractivity contribution in [3.05, 3.63) is 42.0 Å². The predicted octanol–water partition coefficient (Wildman–Crippen LogP) is 2.51. The van der Waals surface area contributed by atoms with Gasteiger partial charge in [-0.15, -0.1) is 0 Å². The molecular formula is C18H27N5. The normalized spacial score (nSPS) is 26.2. The molecule has 5 nitrogen and oxygen atoms in total. The molecule has 1 aliphatic carbocycles. The first-order valence-corrected chi connectivity index (χ1v) is 8.66. The molecule has 1 aromatic rings. The second kappa shape index (κ2) is 6.71. The van der Waals surface area contributed by atoms with Gasteiger partial charge >= 0.3 is 0 Å². The molecule has 2 atom stereocenters. The summed E-state index contributed by atoms with van der Waals surface area (Å²) in [5.74, 6) is 1.20. The average Bonchev–Trinajstić information content (AvgIpc) is 3.12. The van der Waals surface area contributed by atoms with Crippen molar-refractivity contribution in [1.82, 2.24) is 15.6 Å². The first-order valence-electron chi connectivity index (χ1n) is 8.66. The lowest BCUT2D eigenvalue weighted by molar-refractivity contribution is 0.305. The number of aliphatic imine (C=N–C) groups is 1. The van der Waals surface area contributed by atoms with Crippen LogP contribution in [0, 0.1) is 5.92 Å². The monoisotopic (exact) mass is 313 g/mol. The van der Waals surface area contributed by atoms with Gasteiger partial charge in [-0.3, -0.25) is 4.98 Å². The molecule has 2 aliphatic rings. The quantitative estimate of drug-likeness (QED) is 0.781. The number of aromatic nitrogens is 1. The molecule has 3 rings (SSSR count). The summed E-state index contributed by atoms with van der Waals surface area (Å²) in [5.41, 5.74) is 8.17. The molecule has 2 unspecified atom stereocenters. The Kier molecular flexibility index (Phi) is 4.66. The molecule has 5 heteroatoms. The van der Waals surface area contributed by atoms with Crippen molar-refractivity contribution < 1.29 is 0 Å². The summed E-state index contributed by atoms with van der Waals surface area (Å²) in [4.78, 5) is 9.14. The van der Waals surface area contributed by atoms with Gasteiger partial charge in [-0.05, 0) is 38.3 Å². The van der Waals surface area contributed by atoms with Gasteiger partial charge < -0.3 is 16.4 Å². The Morgan fingerprint density at radius 2 is 2.22 bits per heavy atom. The Hall–Kier alpha value is -1.88. The van der Waals surface area contributed by atoms with Gasteiger partial charge in [-0.1, -0.05) is 19.8 Å². The lowest BCUT2D eigenvalue weighted by Crippen LogP contribution is -2.55. The summed E-state index contributed by atoms with van der Waals surface area (Å²) in [7, 11) is 0. The summed E-state index contributed by atoms with van der Waals surface area (Å²) >= 11 is 0. The molecule has 0 spiro atoms. The van der Waals surface area contributed by atoms with Crippen LogP contribution in [0.15, 0.2) is 41.4 Å². The highest BCUT2D eigenvalue weighted by Crippen LogP contribution is 2.38. The van der Waals surface area contributed by atoms with E-state index in [2.05, 4.69) is 29.5 Å². The lowest BCUT2D eigenvalue weighted by atomic mass is 9.87. The predicted molar refractivity (Wildman–Crippen MR) is 93.8 cm³/mol. The van der Waals surface area contributed by atoms with Crippen molar-refractivity contribution in [3.63, 3.8) is 0 Å². The van der Waals surface area contributed by atoms with Crippen LogP contribution in [0.2, 0.25) is 0 Å². The van der Waals surface area contributed by atoms with E-state index in [1.165, 1.54) is 12.8 Å². The number of amidine groups is 1. The minimum absolute atomic E-state index is 0.377. The molecule has 0 aromatic carbocycles. The van der Waals surface area contributed by atoms with Gasteiger partial charge in [-0.25, -0.2) is 4.99 Å². The molecule has 0 bridgehead atoms. The van der Waals surface area contributed by atoms with Gasteiger partial charge in [0.2, 0.25) is 0 Å². The molecule has 0 radical (unpaired) electrons. The van der Waals surface area contributed by atoms with Crippen LogP contribution >= 0.6 is 0 Å². The van der Waals surface area contributed by atoms with Gasteiger partial charge in [0.25, 0.3) is 0 Å². The summed E-state index contributed by atoms with van der Waals surface area (Å²) in [6, 6.07) is 4.31. The maximum Gasteiger partial charge on any atom is 0.154 e. The SMILES string of the molecule is CCC(C)NC1=CNC(c2cccnc2)=NC1(N)C1CCCC1. The van der Waals surface area contributed by atoms with Crippen molar-refractivity contribution >= 4 is 5.84 Å². The van der Waals surface area contributed by atoms with Crippen LogP contribution in [0.4, 0.5) is 0 Å². The van der Waals surface area contributed by atoms with Crippen LogP contribution in [0.5, 0.6) is 0 Å². The second-order valence-electron chi connectivity index (χ2n) is 6.66. The number of nitrogens with two attached hydrogens (primary N) is 1. The van der Waals surface area contributed by atoms with Crippen molar-refractivity contribution in [2.75, 3.05) is 0 Å². The fourth-order valence-electron chi connectivity index (χ4n) is 3.39. The third-order valence-electron chi connectivity index (χ3n) is 5.01. The van der Waals surface area contributed by atoms with E-state index in [0.717, 1.165) is 36.4 Å². The van der Waals surface area contributed by atoms with E-state index < -0.39 is 5.66 Å². The van der Waals surface area contributed by atoms with Gasteiger partial charge in [0.05, 0.1) is 5.70 Å². The maximum atomic E-state index is 6.86. The number of rotatable bonds is 5. The molecule has 2 heterocycles. The summed E-state index contributed by atoms with van der Waals surface area (Å²) in [5, 5.41) is 6.86. The topological polar surface area (TPSA) is 75.3 Å². The minimum atomic E-state index is -0.670. The fourth-order valence-corrected chi connectivity index (χ4v) is 3.39. The molecule has 0 amide bonds. The number of hydrogen-bond acceptors (Lipinski definition) is 5. The number of hydrogen-bond donors (Lipinski definition) is 3. The van der Waals surface area contributed by atoms with Crippen LogP contribution < -0.4 is 16.4 Å². The summed E-state index contributed by atoms with van der Waals surface area (Å²) in [6.45, 7) is 4.35. The van der Waals surface area contributed by atoms with Gasteiger partial charge in [0.1, 0.15) is 5.84 Å². The average molecular weight is 313 g/mol. The molecule has 23 heavy (non-hydrogen) atoms. The highest BCUT2D eigenvalue weighted by Gasteiger charge is 2.42. The van der Waals surface area contributed by atoms with Crippen LogP contribution in [-0.4, -0.2) is 22.5 Å². The van der Waals surface area contributed by atoms with E-state index in [1.807, 2.05) is 24.5 Å². The molecule has 0 saturated heterocycles. The number of pyridine rings is 1. The Morgan fingerprint density at radius 3 is 2.87 bits per heavy atom. The Balaban J connectivity index is 1.93. The zero-order valence-corrected chi connectivity index (χ0v) is 14.0. The second-order valence-corrected chi connectivity index (χ2v) is 6.66. The zero-order valence-electron chi connectivity index (χ0n) is 14.0. The van der Waals surface area contributed by atoms with Crippen molar-refractivity contribution in [1.29, 1.82) is 0 Å². The minimum Gasteiger partial charge on any atom is -0.382 e. The van der Waals surface area contributed by atoms with E-state index in [1.54, 1.807) is 6.20 Å². The zero-order chi connectivity index (χ0) is 16.3. The van der Waals surface area contributed by atoms with Crippen LogP contribution in [-0.2, 0) is 0 Å². The number of nitrogens with zero attached hydrogens (tertiary/aromatic N) is 2. The molecule has 1 aromatic heterocycles. The molecule has 1 aliphatic heterocycles. The van der Waals surface area contributed by atoms with Crippen LogP contribution in [0.3, 0.4) is 0 Å². The fraction of sp³-hybridized carbons (Fsp3) is 0.556. The largest absolute Gasteiger partial charge is 0.382 e. The lowest BCUT2D eigenvalue weighted by Gasteiger charge is -2.38. The van der Waals surface area contributed by atoms with E-state index in [9.17, 15) is 0 Å². The van der Waals surface area contributed by atoms with E-state index >= 15 is 0 Å². The van der Waals surface area contributed by atoms with E-state index in [4.69, 9.17) is 10.7 Å². The summed E-state index contributed by atoms with van der Waals surface area (Å²) < 4.78 is 0. The van der Waals surface area contributed by atoms with E-state index in [0.29, 0.717) is 12.0 Å². The van der Waals surface area contributed by atoms with Gasteiger partial charge in [0.15, 0.2) is 5.66 Å². The number of nitrogens with one attached hydrogen (secondary N) is 2. The first-order chi connectivity index (χ1) is 11.1. The maximum absolute atomic E-state index is 6.86. The molecule has 1 saturated carbocycles. The van der Waals surface area contributed by atoms with Crippen molar-refractivity contribution in [2.24, 2.45) is 16.6 Å². The molecular weight excluding hydrogens is 286 g/mol. The van der Waals surface area contributed by atoms with Crippen molar-refractivity contribution in [2.45, 2.75) is 57.7 Å². The summed E-state index contributed by atoms with van der Waals surface area (Å²) in [6.07, 6.45) is 11.4. The molecule has 1 fully saturated rings. The Morgan fingerprint density at radius 1 is 1.43 bits per heavy atom.